The third kappa shape index (κ3) is 5.36. The predicted octanol–water partition coefficient (Wildman–Crippen LogP) is 12.1. The first kappa shape index (κ1) is 31.4. The first-order valence-corrected chi connectivity index (χ1v) is 18.7. The summed E-state index contributed by atoms with van der Waals surface area (Å²) in [5, 5.41) is 16.9. The van der Waals surface area contributed by atoms with Crippen LogP contribution in [0.25, 0.3) is 76.5 Å². The molecule has 5 nitrogen and oxygen atoms in total. The molecule has 11 rings (SSSR count). The number of pyridine rings is 1. The average Bonchev–Trinajstić information content (AvgIpc) is 3.65. The molecule has 55 heavy (non-hydrogen) atoms. The van der Waals surface area contributed by atoms with Crippen molar-refractivity contribution in [3.05, 3.63) is 199 Å². The van der Waals surface area contributed by atoms with Crippen LogP contribution in [0.15, 0.2) is 192 Å². The van der Waals surface area contributed by atoms with Gasteiger partial charge < -0.3 is 9.73 Å². The first-order valence-electron chi connectivity index (χ1n) is 18.7. The Morgan fingerprint density at radius 3 is 1.98 bits per heavy atom. The van der Waals surface area contributed by atoms with Crippen molar-refractivity contribution in [1.82, 2.24) is 15.6 Å². The molecule has 2 aromatic heterocycles. The minimum absolute atomic E-state index is 0.212. The minimum Gasteiger partial charge on any atom is -0.454 e. The topological polar surface area (TPSA) is 62.5 Å². The molecule has 8 aromatic carbocycles. The third-order valence-corrected chi connectivity index (χ3v) is 11.0. The van der Waals surface area contributed by atoms with E-state index in [1.807, 2.05) is 18.5 Å². The molecule has 2 atom stereocenters. The number of nitrogens with one attached hydrogen (secondary N) is 2. The second-order valence-electron chi connectivity index (χ2n) is 14.3. The van der Waals surface area contributed by atoms with E-state index in [0.29, 0.717) is 0 Å². The summed E-state index contributed by atoms with van der Waals surface area (Å²) in [4.78, 5) is 9.98. The number of furan rings is 1. The van der Waals surface area contributed by atoms with Crippen LogP contribution in [-0.4, -0.2) is 10.8 Å². The summed E-state index contributed by atoms with van der Waals surface area (Å²) in [6.45, 7) is 0. The van der Waals surface area contributed by atoms with Crippen molar-refractivity contribution in [2.45, 2.75) is 12.3 Å². The Morgan fingerprint density at radius 1 is 0.473 bits per heavy atom. The number of hydrogen-bond donors (Lipinski definition) is 2. The molecule has 2 unspecified atom stereocenters. The summed E-state index contributed by atoms with van der Waals surface area (Å²) >= 11 is 0. The van der Waals surface area contributed by atoms with Gasteiger partial charge in [0, 0.05) is 28.1 Å². The van der Waals surface area contributed by atoms with Gasteiger partial charge in [0.1, 0.15) is 23.8 Å². The predicted molar refractivity (Wildman–Crippen MR) is 226 cm³/mol. The van der Waals surface area contributed by atoms with Crippen LogP contribution in [0.1, 0.15) is 29.0 Å². The van der Waals surface area contributed by atoms with E-state index in [9.17, 15) is 0 Å². The Balaban J connectivity index is 1.01. The minimum atomic E-state index is -0.281. The Kier molecular flexibility index (Phi) is 7.32. The molecule has 5 heteroatoms. The lowest BCUT2D eigenvalue weighted by Crippen LogP contribution is -2.45. The molecule has 0 spiro atoms. The number of para-hydroxylation sites is 1. The second kappa shape index (κ2) is 12.8. The van der Waals surface area contributed by atoms with Gasteiger partial charge in [-0.05, 0) is 66.2 Å². The highest BCUT2D eigenvalue weighted by Crippen LogP contribution is 2.40. The van der Waals surface area contributed by atoms with Gasteiger partial charge in [0.2, 0.25) is 0 Å². The Bertz CT molecular complexity index is 3110. The molecule has 0 aliphatic carbocycles. The van der Waals surface area contributed by atoms with E-state index < -0.39 is 0 Å². The summed E-state index contributed by atoms with van der Waals surface area (Å²) < 4.78 is 6.72. The zero-order chi connectivity index (χ0) is 36.3. The van der Waals surface area contributed by atoms with Crippen LogP contribution >= 0.6 is 0 Å². The molecular weight excluding hydrogens is 673 g/mol. The van der Waals surface area contributed by atoms with Gasteiger partial charge in [-0.2, -0.15) is 0 Å². The maximum Gasteiger partial charge on any atom is 0.154 e. The van der Waals surface area contributed by atoms with E-state index in [1.54, 1.807) is 0 Å². The number of rotatable bonds is 5. The highest BCUT2D eigenvalue weighted by molar-refractivity contribution is 6.20. The van der Waals surface area contributed by atoms with Crippen molar-refractivity contribution in [2.24, 2.45) is 4.99 Å². The molecule has 0 fully saturated rings. The highest BCUT2D eigenvalue weighted by atomic mass is 16.3. The third-order valence-electron chi connectivity index (χ3n) is 11.0. The number of amidine groups is 1. The fourth-order valence-electron chi connectivity index (χ4n) is 8.33. The zero-order valence-electron chi connectivity index (χ0n) is 29.8. The van der Waals surface area contributed by atoms with Gasteiger partial charge in [-0.1, -0.05) is 164 Å². The second-order valence-corrected chi connectivity index (χ2v) is 14.3. The van der Waals surface area contributed by atoms with Crippen LogP contribution in [0.3, 0.4) is 0 Å². The smallest absolute Gasteiger partial charge is 0.154 e. The van der Waals surface area contributed by atoms with Crippen LogP contribution in [0.4, 0.5) is 0 Å². The molecule has 0 radical (unpaired) electrons. The summed E-state index contributed by atoms with van der Waals surface area (Å²) in [6.07, 6.45) is 3.23. The van der Waals surface area contributed by atoms with E-state index >= 15 is 0 Å². The fourth-order valence-corrected chi connectivity index (χ4v) is 8.33. The van der Waals surface area contributed by atoms with Crippen molar-refractivity contribution in [2.75, 3.05) is 0 Å². The van der Waals surface area contributed by atoms with Gasteiger partial charge in [-0.15, -0.1) is 0 Å². The largest absolute Gasteiger partial charge is 0.454 e. The van der Waals surface area contributed by atoms with Gasteiger partial charge >= 0.3 is 0 Å². The number of nitrogens with zero attached hydrogens (tertiary/aromatic N) is 2. The first-order chi connectivity index (χ1) is 27.2. The highest BCUT2D eigenvalue weighted by Gasteiger charge is 2.28. The molecule has 1 aliphatic rings. The van der Waals surface area contributed by atoms with Crippen molar-refractivity contribution in [3.63, 3.8) is 0 Å². The monoisotopic (exact) mass is 706 g/mol. The quantitative estimate of drug-likeness (QED) is 0.175. The van der Waals surface area contributed by atoms with Crippen LogP contribution in [0.5, 0.6) is 0 Å². The van der Waals surface area contributed by atoms with Crippen molar-refractivity contribution < 1.29 is 4.42 Å². The van der Waals surface area contributed by atoms with Gasteiger partial charge in [-0.25, -0.2) is 4.99 Å². The standard InChI is InChI=1S/C50H34N4O/c1-2-12-35(13-3-1)48-52-49(36-25-22-33(23-26-36)39-17-8-14-31-10-4-6-15-38(31)39)54-50(53-48)44-29-51-30-45-46(44)42-19-9-18-41(47(42)55-45)37-27-24-34-21-20-32-11-5-7-16-40(32)43(34)28-37/h1-30,48-49,52H,(H,53,54). The SMILES string of the molecule is c1ccc(C2N=C(c3cncc4oc5c(-c6ccc7ccc8ccccc8c7c6)cccc5c34)NC(c3ccc(-c4cccc5ccccc45)cc3)N2)cc1. The van der Waals surface area contributed by atoms with Crippen LogP contribution in [0.2, 0.25) is 0 Å². The summed E-state index contributed by atoms with van der Waals surface area (Å²) in [7, 11) is 0. The van der Waals surface area contributed by atoms with Crippen molar-refractivity contribution in [1.29, 1.82) is 0 Å². The van der Waals surface area contributed by atoms with Crippen LogP contribution < -0.4 is 10.6 Å². The van der Waals surface area contributed by atoms with E-state index in [2.05, 4.69) is 174 Å². The molecule has 10 aromatic rings. The van der Waals surface area contributed by atoms with E-state index in [1.165, 1.54) is 43.4 Å². The Hall–Kier alpha value is -7.08. The van der Waals surface area contributed by atoms with E-state index in [-0.39, 0.29) is 12.3 Å². The molecule has 1 aliphatic heterocycles. The van der Waals surface area contributed by atoms with Crippen molar-refractivity contribution in [3.8, 4) is 22.3 Å². The Morgan fingerprint density at radius 2 is 1.13 bits per heavy atom. The van der Waals surface area contributed by atoms with E-state index in [4.69, 9.17) is 14.4 Å². The number of fused-ring (bicyclic) bond motifs is 7. The lowest BCUT2D eigenvalue weighted by molar-refractivity contribution is 0.409. The number of aliphatic imine (C=N–C) groups is 1. The molecule has 0 amide bonds. The van der Waals surface area contributed by atoms with Gasteiger partial charge in [0.25, 0.3) is 0 Å². The number of hydrogen-bond acceptors (Lipinski definition) is 5. The average molecular weight is 707 g/mol. The summed E-state index contributed by atoms with van der Waals surface area (Å²) in [5.74, 6) is 0.763. The maximum atomic E-state index is 6.72. The number of benzene rings is 8. The molecule has 0 saturated heterocycles. The lowest BCUT2D eigenvalue weighted by atomic mass is 9.96. The normalized spacial score (nSPS) is 15.8. The van der Waals surface area contributed by atoms with E-state index in [0.717, 1.165) is 55.6 Å². The number of aromatic nitrogens is 1. The fraction of sp³-hybridized carbons (Fsp3) is 0.0400. The molecule has 260 valence electrons. The Labute approximate surface area is 317 Å². The molecular formula is C50H34N4O. The summed E-state index contributed by atoms with van der Waals surface area (Å²) in [5.41, 5.74) is 9.21. The maximum absolute atomic E-state index is 6.72. The summed E-state index contributed by atoms with van der Waals surface area (Å²) in [6, 6.07) is 60.3. The van der Waals surface area contributed by atoms with Crippen molar-refractivity contribution >= 4 is 60.1 Å². The zero-order valence-corrected chi connectivity index (χ0v) is 29.8. The van der Waals surface area contributed by atoms with Gasteiger partial charge in [-0.3, -0.25) is 10.3 Å². The molecule has 2 N–H and O–H groups in total. The van der Waals surface area contributed by atoms with Gasteiger partial charge in [0.05, 0.1) is 6.20 Å². The molecule has 0 bridgehead atoms. The van der Waals surface area contributed by atoms with Gasteiger partial charge in [0.15, 0.2) is 5.58 Å². The molecule has 0 saturated carbocycles. The molecule has 3 heterocycles. The van der Waals surface area contributed by atoms with Crippen LogP contribution in [0, 0.1) is 0 Å². The lowest BCUT2D eigenvalue weighted by Gasteiger charge is -2.32. The van der Waals surface area contributed by atoms with Crippen LogP contribution in [-0.2, 0) is 0 Å².